The standard InChI is InChI=1S/C21H23NO5/c1-21(2,3)15-5-7-16(8-6-15)22-19(23)13-27-20(24)14-4-9-17-18(12-14)26-11-10-25-17/h4-9,12H,10-11,13H2,1-3H3,(H,22,23). The van der Waals surface area contributed by atoms with Crippen molar-refractivity contribution in [1.29, 1.82) is 0 Å². The van der Waals surface area contributed by atoms with E-state index in [1.54, 1.807) is 18.2 Å². The minimum atomic E-state index is -0.592. The molecule has 3 rings (SSSR count). The molecule has 2 aromatic carbocycles. The van der Waals surface area contributed by atoms with E-state index in [1.165, 1.54) is 5.56 Å². The zero-order chi connectivity index (χ0) is 19.4. The van der Waals surface area contributed by atoms with Crippen molar-refractivity contribution in [3.8, 4) is 11.5 Å². The molecule has 2 aromatic rings. The Kier molecular flexibility index (Phi) is 5.35. The smallest absolute Gasteiger partial charge is 0.338 e. The van der Waals surface area contributed by atoms with Crippen LogP contribution in [0.25, 0.3) is 0 Å². The van der Waals surface area contributed by atoms with Crippen molar-refractivity contribution in [1.82, 2.24) is 0 Å². The Labute approximate surface area is 158 Å². The number of fused-ring (bicyclic) bond motifs is 1. The third kappa shape index (κ3) is 4.78. The van der Waals surface area contributed by atoms with Gasteiger partial charge in [0.1, 0.15) is 13.2 Å². The highest BCUT2D eigenvalue weighted by Gasteiger charge is 2.17. The summed E-state index contributed by atoms with van der Waals surface area (Å²) in [6.07, 6.45) is 0. The van der Waals surface area contributed by atoms with Crippen LogP contribution in [0.2, 0.25) is 0 Å². The molecule has 1 aliphatic heterocycles. The summed E-state index contributed by atoms with van der Waals surface area (Å²) in [5.41, 5.74) is 2.18. The number of esters is 1. The van der Waals surface area contributed by atoms with Gasteiger partial charge in [-0.15, -0.1) is 0 Å². The van der Waals surface area contributed by atoms with Gasteiger partial charge in [-0.05, 0) is 41.3 Å². The third-order valence-corrected chi connectivity index (χ3v) is 4.15. The second kappa shape index (κ2) is 7.70. The van der Waals surface area contributed by atoms with E-state index in [4.69, 9.17) is 14.2 Å². The molecule has 0 bridgehead atoms. The number of ether oxygens (including phenoxy) is 3. The Balaban J connectivity index is 1.53. The minimum absolute atomic E-state index is 0.0434. The van der Waals surface area contributed by atoms with Crippen molar-refractivity contribution in [2.75, 3.05) is 25.1 Å². The first kappa shape index (κ1) is 18.8. The minimum Gasteiger partial charge on any atom is -0.486 e. The van der Waals surface area contributed by atoms with E-state index >= 15 is 0 Å². The fraction of sp³-hybridized carbons (Fsp3) is 0.333. The van der Waals surface area contributed by atoms with Gasteiger partial charge in [0.25, 0.3) is 5.91 Å². The molecule has 0 aliphatic carbocycles. The summed E-state index contributed by atoms with van der Waals surface area (Å²) in [5.74, 6) is 0.0999. The summed E-state index contributed by atoms with van der Waals surface area (Å²) >= 11 is 0. The Morgan fingerprint density at radius 1 is 1.00 bits per heavy atom. The first-order valence-electron chi connectivity index (χ1n) is 8.80. The Morgan fingerprint density at radius 2 is 1.67 bits per heavy atom. The molecule has 1 amide bonds. The lowest BCUT2D eigenvalue weighted by molar-refractivity contribution is -0.119. The molecule has 1 N–H and O–H groups in total. The number of hydrogen-bond donors (Lipinski definition) is 1. The molecule has 6 heteroatoms. The number of hydrogen-bond acceptors (Lipinski definition) is 5. The van der Waals surface area contributed by atoms with E-state index < -0.39 is 11.9 Å². The lowest BCUT2D eigenvalue weighted by Crippen LogP contribution is -2.21. The molecule has 1 heterocycles. The van der Waals surface area contributed by atoms with Crippen LogP contribution in [0.5, 0.6) is 11.5 Å². The van der Waals surface area contributed by atoms with E-state index in [0.717, 1.165) is 0 Å². The highest BCUT2D eigenvalue weighted by atomic mass is 16.6. The van der Waals surface area contributed by atoms with Gasteiger partial charge in [-0.25, -0.2) is 4.79 Å². The summed E-state index contributed by atoms with van der Waals surface area (Å²) in [6, 6.07) is 12.4. The van der Waals surface area contributed by atoms with E-state index in [2.05, 4.69) is 26.1 Å². The van der Waals surface area contributed by atoms with Crippen LogP contribution in [0, 0.1) is 0 Å². The Hall–Kier alpha value is -3.02. The second-order valence-corrected chi connectivity index (χ2v) is 7.31. The van der Waals surface area contributed by atoms with Gasteiger partial charge in [-0.3, -0.25) is 4.79 Å². The van der Waals surface area contributed by atoms with Crippen molar-refractivity contribution in [3.05, 3.63) is 53.6 Å². The van der Waals surface area contributed by atoms with Gasteiger partial charge >= 0.3 is 5.97 Å². The number of nitrogens with one attached hydrogen (secondary N) is 1. The van der Waals surface area contributed by atoms with E-state index in [-0.39, 0.29) is 12.0 Å². The van der Waals surface area contributed by atoms with Crippen molar-refractivity contribution >= 4 is 17.6 Å². The van der Waals surface area contributed by atoms with Crippen LogP contribution in [-0.2, 0) is 14.9 Å². The Morgan fingerprint density at radius 3 is 2.33 bits per heavy atom. The summed E-state index contributed by atoms with van der Waals surface area (Å²) in [7, 11) is 0. The molecule has 1 aliphatic rings. The second-order valence-electron chi connectivity index (χ2n) is 7.31. The summed E-state index contributed by atoms with van der Waals surface area (Å²) in [6.45, 7) is 6.91. The molecule has 0 radical (unpaired) electrons. The highest BCUT2D eigenvalue weighted by Crippen LogP contribution is 2.31. The molecule has 142 valence electrons. The lowest BCUT2D eigenvalue weighted by atomic mass is 9.87. The van der Waals surface area contributed by atoms with Crippen LogP contribution < -0.4 is 14.8 Å². The first-order valence-corrected chi connectivity index (χ1v) is 8.80. The van der Waals surface area contributed by atoms with Crippen molar-refractivity contribution in [2.24, 2.45) is 0 Å². The first-order chi connectivity index (χ1) is 12.8. The molecular formula is C21H23NO5. The number of carbonyl (C=O) groups excluding carboxylic acids is 2. The van der Waals surface area contributed by atoms with Crippen LogP contribution in [-0.4, -0.2) is 31.7 Å². The molecule has 27 heavy (non-hydrogen) atoms. The van der Waals surface area contributed by atoms with Crippen LogP contribution in [0.15, 0.2) is 42.5 Å². The quantitative estimate of drug-likeness (QED) is 0.835. The predicted octanol–water partition coefficient (Wildman–Crippen LogP) is 3.55. The fourth-order valence-corrected chi connectivity index (χ4v) is 2.64. The van der Waals surface area contributed by atoms with Gasteiger partial charge < -0.3 is 19.5 Å². The molecule has 0 fully saturated rings. The molecule has 0 atom stereocenters. The van der Waals surface area contributed by atoms with Gasteiger partial charge in [0.15, 0.2) is 18.1 Å². The SMILES string of the molecule is CC(C)(C)c1ccc(NC(=O)COC(=O)c2ccc3c(c2)OCCO3)cc1. The predicted molar refractivity (Wildman–Crippen MR) is 101 cm³/mol. The van der Waals surface area contributed by atoms with Gasteiger partial charge in [-0.1, -0.05) is 32.9 Å². The van der Waals surface area contributed by atoms with E-state index in [0.29, 0.717) is 36.0 Å². The zero-order valence-corrected chi connectivity index (χ0v) is 15.7. The van der Waals surface area contributed by atoms with E-state index in [9.17, 15) is 9.59 Å². The van der Waals surface area contributed by atoms with Gasteiger partial charge in [0, 0.05) is 5.69 Å². The molecule has 0 aromatic heterocycles. The van der Waals surface area contributed by atoms with Crippen LogP contribution in [0.1, 0.15) is 36.7 Å². The molecule has 0 saturated heterocycles. The number of carbonyl (C=O) groups is 2. The van der Waals surface area contributed by atoms with Crippen molar-refractivity contribution < 1.29 is 23.8 Å². The number of rotatable bonds is 4. The molecular weight excluding hydrogens is 346 g/mol. The average molecular weight is 369 g/mol. The van der Waals surface area contributed by atoms with Crippen LogP contribution in [0.3, 0.4) is 0 Å². The monoisotopic (exact) mass is 369 g/mol. The Bertz CT molecular complexity index is 837. The van der Waals surface area contributed by atoms with Gasteiger partial charge in [0.2, 0.25) is 0 Å². The largest absolute Gasteiger partial charge is 0.486 e. The summed E-state index contributed by atoms with van der Waals surface area (Å²) in [5, 5.41) is 2.72. The van der Waals surface area contributed by atoms with E-state index in [1.807, 2.05) is 24.3 Å². The maximum atomic E-state index is 12.1. The fourth-order valence-electron chi connectivity index (χ4n) is 2.64. The van der Waals surface area contributed by atoms with Crippen LogP contribution in [0.4, 0.5) is 5.69 Å². The molecule has 6 nitrogen and oxygen atoms in total. The zero-order valence-electron chi connectivity index (χ0n) is 15.7. The number of amides is 1. The van der Waals surface area contributed by atoms with Crippen molar-refractivity contribution in [2.45, 2.75) is 26.2 Å². The third-order valence-electron chi connectivity index (χ3n) is 4.15. The normalized spacial score (nSPS) is 13.0. The average Bonchev–Trinajstić information content (AvgIpc) is 2.65. The number of anilines is 1. The summed E-state index contributed by atoms with van der Waals surface area (Å²) in [4.78, 5) is 24.2. The number of benzene rings is 2. The maximum Gasteiger partial charge on any atom is 0.338 e. The topological polar surface area (TPSA) is 73.9 Å². The summed E-state index contributed by atoms with van der Waals surface area (Å²) < 4.78 is 15.9. The maximum absolute atomic E-state index is 12.1. The van der Waals surface area contributed by atoms with Gasteiger partial charge in [-0.2, -0.15) is 0 Å². The molecule has 0 spiro atoms. The van der Waals surface area contributed by atoms with Gasteiger partial charge in [0.05, 0.1) is 5.56 Å². The van der Waals surface area contributed by atoms with Crippen molar-refractivity contribution in [3.63, 3.8) is 0 Å². The molecule has 0 unspecified atom stereocenters. The lowest BCUT2D eigenvalue weighted by Gasteiger charge is -2.19. The molecule has 0 saturated carbocycles. The van der Waals surface area contributed by atoms with Crippen LogP contribution >= 0.6 is 0 Å². The highest BCUT2D eigenvalue weighted by molar-refractivity contribution is 5.95.